The molecule has 1 amide bonds. The third kappa shape index (κ3) is 5.14. The molecule has 0 aromatic carbocycles. The number of hydrogen-bond donors (Lipinski definition) is 2. The van der Waals surface area contributed by atoms with E-state index in [2.05, 4.69) is 12.2 Å². The van der Waals surface area contributed by atoms with E-state index >= 15 is 0 Å². The van der Waals surface area contributed by atoms with Crippen LogP contribution in [0.2, 0.25) is 0 Å². The molecule has 0 bridgehead atoms. The molecule has 0 spiro atoms. The van der Waals surface area contributed by atoms with Crippen LogP contribution in [-0.2, 0) is 9.59 Å². The number of aliphatic carboxylic acids is 1. The molecule has 2 unspecified atom stereocenters. The first-order valence-electron chi connectivity index (χ1n) is 6.06. The van der Waals surface area contributed by atoms with E-state index in [1.807, 2.05) is 0 Å². The molecule has 1 saturated carbocycles. The predicted molar refractivity (Wildman–Crippen MR) is 61.0 cm³/mol. The van der Waals surface area contributed by atoms with Gasteiger partial charge in [-0.15, -0.1) is 0 Å². The standard InChI is InChI=1S/C12H21NO3/c1-9-4-5-10(7-9)8-11(14)13-6-2-3-12(15)16/h9-10H,2-8H2,1H3,(H,13,14)(H,15,16). The number of nitrogens with one attached hydrogen (secondary N) is 1. The second-order valence-electron chi connectivity index (χ2n) is 4.84. The SMILES string of the molecule is CC1CCC(CC(=O)NCCCC(=O)O)C1. The average molecular weight is 227 g/mol. The van der Waals surface area contributed by atoms with Crippen LogP contribution < -0.4 is 5.32 Å². The van der Waals surface area contributed by atoms with Crippen LogP contribution in [0, 0.1) is 11.8 Å². The highest BCUT2D eigenvalue weighted by atomic mass is 16.4. The number of rotatable bonds is 6. The maximum absolute atomic E-state index is 11.5. The first kappa shape index (κ1) is 13.0. The molecule has 16 heavy (non-hydrogen) atoms. The summed E-state index contributed by atoms with van der Waals surface area (Å²) in [6, 6.07) is 0. The molecule has 0 aromatic rings. The zero-order valence-electron chi connectivity index (χ0n) is 9.87. The van der Waals surface area contributed by atoms with Gasteiger partial charge in [0.1, 0.15) is 0 Å². The molecule has 0 aromatic heterocycles. The summed E-state index contributed by atoms with van der Waals surface area (Å²) in [5, 5.41) is 11.2. The molecule has 1 aliphatic carbocycles. The van der Waals surface area contributed by atoms with E-state index in [9.17, 15) is 9.59 Å². The van der Waals surface area contributed by atoms with Gasteiger partial charge in [-0.05, 0) is 31.1 Å². The highest BCUT2D eigenvalue weighted by Crippen LogP contribution is 2.32. The molecule has 2 N–H and O–H groups in total. The van der Waals surface area contributed by atoms with Gasteiger partial charge in [0, 0.05) is 19.4 Å². The van der Waals surface area contributed by atoms with Crippen molar-refractivity contribution in [1.82, 2.24) is 5.32 Å². The minimum Gasteiger partial charge on any atom is -0.481 e. The van der Waals surface area contributed by atoms with Crippen molar-refractivity contribution >= 4 is 11.9 Å². The van der Waals surface area contributed by atoms with E-state index < -0.39 is 5.97 Å². The van der Waals surface area contributed by atoms with E-state index in [-0.39, 0.29) is 12.3 Å². The lowest BCUT2D eigenvalue weighted by atomic mass is 10.0. The van der Waals surface area contributed by atoms with E-state index in [0.29, 0.717) is 25.3 Å². The topological polar surface area (TPSA) is 66.4 Å². The fourth-order valence-electron chi connectivity index (χ4n) is 2.31. The molecule has 0 saturated heterocycles. The minimum absolute atomic E-state index is 0.0736. The van der Waals surface area contributed by atoms with E-state index in [0.717, 1.165) is 18.8 Å². The Balaban J connectivity index is 2.05. The summed E-state index contributed by atoms with van der Waals surface area (Å²) in [6.07, 6.45) is 4.80. The Morgan fingerprint density at radius 2 is 2.12 bits per heavy atom. The summed E-state index contributed by atoms with van der Waals surface area (Å²) in [5.41, 5.74) is 0. The van der Waals surface area contributed by atoms with Crippen LogP contribution in [0.3, 0.4) is 0 Å². The Labute approximate surface area is 96.4 Å². The van der Waals surface area contributed by atoms with Crippen LogP contribution in [0.4, 0.5) is 0 Å². The number of carbonyl (C=O) groups excluding carboxylic acids is 1. The summed E-state index contributed by atoms with van der Waals surface area (Å²) in [4.78, 5) is 21.7. The first-order chi connectivity index (χ1) is 7.58. The summed E-state index contributed by atoms with van der Waals surface area (Å²) in [7, 11) is 0. The third-order valence-corrected chi connectivity index (χ3v) is 3.17. The second kappa shape index (κ2) is 6.51. The summed E-state index contributed by atoms with van der Waals surface area (Å²) >= 11 is 0. The van der Waals surface area contributed by atoms with Gasteiger partial charge in [-0.1, -0.05) is 13.3 Å². The maximum Gasteiger partial charge on any atom is 0.303 e. The zero-order chi connectivity index (χ0) is 12.0. The van der Waals surface area contributed by atoms with Crippen LogP contribution in [-0.4, -0.2) is 23.5 Å². The summed E-state index contributed by atoms with van der Waals surface area (Å²) in [6.45, 7) is 2.71. The Kier molecular flexibility index (Phi) is 5.29. The van der Waals surface area contributed by atoms with Crippen molar-refractivity contribution in [2.75, 3.05) is 6.54 Å². The van der Waals surface area contributed by atoms with Crippen molar-refractivity contribution in [1.29, 1.82) is 0 Å². The molecule has 1 aliphatic rings. The number of carboxylic acids is 1. The van der Waals surface area contributed by atoms with Crippen molar-refractivity contribution in [3.8, 4) is 0 Å². The van der Waals surface area contributed by atoms with Crippen molar-refractivity contribution < 1.29 is 14.7 Å². The molecule has 4 nitrogen and oxygen atoms in total. The summed E-state index contributed by atoms with van der Waals surface area (Å²) in [5.74, 6) is 0.558. The Morgan fingerprint density at radius 1 is 1.38 bits per heavy atom. The van der Waals surface area contributed by atoms with E-state index in [1.165, 1.54) is 6.42 Å². The molecule has 1 fully saturated rings. The number of carbonyl (C=O) groups is 2. The van der Waals surface area contributed by atoms with Crippen LogP contribution in [0.1, 0.15) is 45.4 Å². The molecule has 0 aliphatic heterocycles. The van der Waals surface area contributed by atoms with E-state index in [1.54, 1.807) is 0 Å². The fourth-order valence-corrected chi connectivity index (χ4v) is 2.31. The molecule has 0 radical (unpaired) electrons. The van der Waals surface area contributed by atoms with Gasteiger partial charge in [0.05, 0.1) is 0 Å². The van der Waals surface area contributed by atoms with Gasteiger partial charge >= 0.3 is 5.97 Å². The lowest BCUT2D eigenvalue weighted by Crippen LogP contribution is -2.26. The van der Waals surface area contributed by atoms with Gasteiger partial charge in [0.25, 0.3) is 0 Å². The van der Waals surface area contributed by atoms with Crippen LogP contribution in [0.15, 0.2) is 0 Å². The second-order valence-corrected chi connectivity index (χ2v) is 4.84. The van der Waals surface area contributed by atoms with Gasteiger partial charge in [0.15, 0.2) is 0 Å². The smallest absolute Gasteiger partial charge is 0.303 e. The average Bonchev–Trinajstić information content (AvgIpc) is 2.58. The highest BCUT2D eigenvalue weighted by Gasteiger charge is 2.23. The normalized spacial score (nSPS) is 24.3. The maximum atomic E-state index is 11.5. The Morgan fingerprint density at radius 3 is 2.69 bits per heavy atom. The van der Waals surface area contributed by atoms with Gasteiger partial charge in [-0.25, -0.2) is 0 Å². The molecule has 1 rings (SSSR count). The highest BCUT2D eigenvalue weighted by molar-refractivity contribution is 5.76. The number of carboxylic acid groups (broad SMARTS) is 1. The van der Waals surface area contributed by atoms with Crippen molar-refractivity contribution in [2.45, 2.75) is 45.4 Å². The predicted octanol–water partition coefficient (Wildman–Crippen LogP) is 1.79. The third-order valence-electron chi connectivity index (χ3n) is 3.17. The van der Waals surface area contributed by atoms with Crippen molar-refractivity contribution in [2.24, 2.45) is 11.8 Å². The van der Waals surface area contributed by atoms with Crippen LogP contribution in [0.5, 0.6) is 0 Å². The largest absolute Gasteiger partial charge is 0.481 e. The number of amides is 1. The van der Waals surface area contributed by atoms with Gasteiger partial charge in [-0.3, -0.25) is 9.59 Å². The summed E-state index contributed by atoms with van der Waals surface area (Å²) < 4.78 is 0. The van der Waals surface area contributed by atoms with Gasteiger partial charge < -0.3 is 10.4 Å². The van der Waals surface area contributed by atoms with Crippen LogP contribution >= 0.6 is 0 Å². The van der Waals surface area contributed by atoms with E-state index in [4.69, 9.17) is 5.11 Å². The lowest BCUT2D eigenvalue weighted by Gasteiger charge is -2.09. The van der Waals surface area contributed by atoms with Gasteiger partial charge in [0.2, 0.25) is 5.91 Å². The fraction of sp³-hybridized carbons (Fsp3) is 0.833. The molecule has 92 valence electrons. The molecule has 4 heteroatoms. The van der Waals surface area contributed by atoms with Crippen molar-refractivity contribution in [3.05, 3.63) is 0 Å². The molecular formula is C12H21NO3. The number of hydrogen-bond acceptors (Lipinski definition) is 2. The first-order valence-corrected chi connectivity index (χ1v) is 6.06. The minimum atomic E-state index is -0.807. The molecular weight excluding hydrogens is 206 g/mol. The molecule has 2 atom stereocenters. The Bertz CT molecular complexity index is 253. The molecule has 0 heterocycles. The van der Waals surface area contributed by atoms with Crippen LogP contribution in [0.25, 0.3) is 0 Å². The Hall–Kier alpha value is -1.06. The lowest BCUT2D eigenvalue weighted by molar-refractivity contribution is -0.137. The van der Waals surface area contributed by atoms with Crippen molar-refractivity contribution in [3.63, 3.8) is 0 Å². The van der Waals surface area contributed by atoms with Gasteiger partial charge in [-0.2, -0.15) is 0 Å². The monoisotopic (exact) mass is 227 g/mol. The quantitative estimate of drug-likeness (QED) is 0.680. The zero-order valence-corrected chi connectivity index (χ0v) is 9.87.